The molecule has 3 rings (SSSR count). The number of benzene rings is 1. The van der Waals surface area contributed by atoms with E-state index in [0.717, 1.165) is 33.7 Å². The fourth-order valence-electron chi connectivity index (χ4n) is 2.59. The van der Waals surface area contributed by atoms with Crippen molar-refractivity contribution in [3.8, 4) is 17.1 Å². The topological polar surface area (TPSA) is 39.9 Å². The highest BCUT2D eigenvalue weighted by atomic mass is 16.5. The molecule has 2 aromatic heterocycles. The summed E-state index contributed by atoms with van der Waals surface area (Å²) in [5.41, 5.74) is 2.94. The van der Waals surface area contributed by atoms with E-state index in [2.05, 4.69) is 40.5 Å². The second kappa shape index (κ2) is 5.20. The lowest BCUT2D eigenvalue weighted by Gasteiger charge is -2.14. The SMILES string of the molecule is COc1ccc(-c2nccn2C(C)C)c2ccc(C)nc12. The van der Waals surface area contributed by atoms with Gasteiger partial charge in [-0.1, -0.05) is 6.07 Å². The molecule has 0 fully saturated rings. The van der Waals surface area contributed by atoms with Crippen LogP contribution >= 0.6 is 0 Å². The first-order valence-electron chi connectivity index (χ1n) is 7.09. The minimum absolute atomic E-state index is 0.359. The minimum atomic E-state index is 0.359. The number of hydrogen-bond donors (Lipinski definition) is 0. The van der Waals surface area contributed by atoms with E-state index in [1.54, 1.807) is 7.11 Å². The van der Waals surface area contributed by atoms with E-state index in [0.29, 0.717) is 6.04 Å². The highest BCUT2D eigenvalue weighted by molar-refractivity contribution is 5.96. The van der Waals surface area contributed by atoms with Crippen molar-refractivity contribution < 1.29 is 4.74 Å². The lowest BCUT2D eigenvalue weighted by atomic mass is 10.1. The molecule has 2 heterocycles. The van der Waals surface area contributed by atoms with Crippen molar-refractivity contribution in [3.63, 3.8) is 0 Å². The lowest BCUT2D eigenvalue weighted by Crippen LogP contribution is -2.02. The molecule has 0 N–H and O–H groups in total. The van der Waals surface area contributed by atoms with Crippen LogP contribution in [0.15, 0.2) is 36.7 Å². The highest BCUT2D eigenvalue weighted by Crippen LogP contribution is 2.33. The van der Waals surface area contributed by atoms with Crippen LogP contribution in [0.4, 0.5) is 0 Å². The maximum atomic E-state index is 5.44. The van der Waals surface area contributed by atoms with Gasteiger partial charge in [-0.25, -0.2) is 9.97 Å². The highest BCUT2D eigenvalue weighted by Gasteiger charge is 2.14. The predicted octanol–water partition coefficient (Wildman–Crippen LogP) is 4.00. The zero-order valence-electron chi connectivity index (χ0n) is 12.8. The van der Waals surface area contributed by atoms with Gasteiger partial charge in [-0.2, -0.15) is 0 Å². The monoisotopic (exact) mass is 281 g/mol. The van der Waals surface area contributed by atoms with Crippen LogP contribution in [0.1, 0.15) is 25.6 Å². The Bertz CT molecular complexity index is 790. The average molecular weight is 281 g/mol. The number of hydrogen-bond acceptors (Lipinski definition) is 3. The molecule has 0 saturated carbocycles. The maximum Gasteiger partial charge on any atom is 0.145 e. The molecular weight excluding hydrogens is 262 g/mol. The zero-order chi connectivity index (χ0) is 15.0. The van der Waals surface area contributed by atoms with Crippen LogP contribution in [-0.4, -0.2) is 21.6 Å². The van der Waals surface area contributed by atoms with Gasteiger partial charge in [0.1, 0.15) is 17.1 Å². The van der Waals surface area contributed by atoms with Crippen molar-refractivity contribution in [2.45, 2.75) is 26.8 Å². The van der Waals surface area contributed by atoms with Gasteiger partial charge in [-0.05, 0) is 39.0 Å². The number of pyridine rings is 1. The first kappa shape index (κ1) is 13.6. The summed E-state index contributed by atoms with van der Waals surface area (Å²) in [6, 6.07) is 8.49. The third-order valence-corrected chi connectivity index (χ3v) is 3.65. The molecule has 0 aliphatic heterocycles. The van der Waals surface area contributed by atoms with Gasteiger partial charge in [0.15, 0.2) is 0 Å². The summed E-state index contributed by atoms with van der Waals surface area (Å²) in [4.78, 5) is 9.16. The molecule has 1 aromatic carbocycles. The van der Waals surface area contributed by atoms with Crippen molar-refractivity contribution in [2.24, 2.45) is 0 Å². The van der Waals surface area contributed by atoms with Gasteiger partial charge in [0, 0.05) is 35.1 Å². The molecule has 0 bridgehead atoms. The van der Waals surface area contributed by atoms with E-state index >= 15 is 0 Å². The Morgan fingerprint density at radius 1 is 1.14 bits per heavy atom. The Hall–Kier alpha value is -2.36. The number of aromatic nitrogens is 3. The Morgan fingerprint density at radius 2 is 1.95 bits per heavy atom. The zero-order valence-corrected chi connectivity index (χ0v) is 12.8. The molecule has 108 valence electrons. The molecule has 0 spiro atoms. The second-order valence-corrected chi connectivity index (χ2v) is 5.42. The molecule has 21 heavy (non-hydrogen) atoms. The number of rotatable bonds is 3. The third kappa shape index (κ3) is 2.27. The molecule has 0 saturated heterocycles. The largest absolute Gasteiger partial charge is 0.494 e. The number of fused-ring (bicyclic) bond motifs is 1. The van der Waals surface area contributed by atoms with Crippen LogP contribution in [0.2, 0.25) is 0 Å². The van der Waals surface area contributed by atoms with Gasteiger partial charge in [0.25, 0.3) is 0 Å². The standard InChI is InChI=1S/C17H19N3O/c1-11(2)20-10-9-18-17(20)14-7-8-15(21-4)16-13(14)6-5-12(3)19-16/h5-11H,1-4H3. The quantitative estimate of drug-likeness (QED) is 0.728. The molecule has 3 aromatic rings. The minimum Gasteiger partial charge on any atom is -0.494 e. The van der Waals surface area contributed by atoms with E-state index in [1.807, 2.05) is 31.5 Å². The van der Waals surface area contributed by atoms with Gasteiger partial charge in [0.2, 0.25) is 0 Å². The van der Waals surface area contributed by atoms with Gasteiger partial charge < -0.3 is 9.30 Å². The molecular formula is C17H19N3O. The van der Waals surface area contributed by atoms with Crippen LogP contribution in [0, 0.1) is 6.92 Å². The van der Waals surface area contributed by atoms with Crippen molar-refractivity contribution >= 4 is 10.9 Å². The fraction of sp³-hybridized carbons (Fsp3) is 0.294. The Balaban J connectivity index is 2.31. The first-order valence-corrected chi connectivity index (χ1v) is 7.09. The summed E-state index contributed by atoms with van der Waals surface area (Å²) in [5, 5.41) is 1.06. The molecule has 0 amide bonds. The summed E-state index contributed by atoms with van der Waals surface area (Å²) >= 11 is 0. The average Bonchev–Trinajstić information content (AvgIpc) is 2.95. The summed E-state index contributed by atoms with van der Waals surface area (Å²) in [6.45, 7) is 6.29. The molecule has 0 unspecified atom stereocenters. The van der Waals surface area contributed by atoms with Gasteiger partial charge >= 0.3 is 0 Å². The van der Waals surface area contributed by atoms with Crippen molar-refractivity contribution in [2.75, 3.05) is 7.11 Å². The van der Waals surface area contributed by atoms with E-state index < -0.39 is 0 Å². The number of aryl methyl sites for hydroxylation is 1. The van der Waals surface area contributed by atoms with Crippen molar-refractivity contribution in [3.05, 3.63) is 42.4 Å². The van der Waals surface area contributed by atoms with E-state index in [-0.39, 0.29) is 0 Å². The summed E-state index contributed by atoms with van der Waals surface area (Å²) < 4.78 is 7.61. The van der Waals surface area contributed by atoms with Crippen LogP contribution in [0.3, 0.4) is 0 Å². The van der Waals surface area contributed by atoms with Crippen LogP contribution in [0.25, 0.3) is 22.3 Å². The second-order valence-electron chi connectivity index (χ2n) is 5.42. The third-order valence-electron chi connectivity index (χ3n) is 3.65. The Kier molecular flexibility index (Phi) is 3.37. The number of imidazole rings is 1. The molecule has 0 radical (unpaired) electrons. The van der Waals surface area contributed by atoms with Crippen LogP contribution in [-0.2, 0) is 0 Å². The predicted molar refractivity (Wildman–Crippen MR) is 84.6 cm³/mol. The first-order chi connectivity index (χ1) is 10.1. The molecule has 4 heteroatoms. The summed E-state index contributed by atoms with van der Waals surface area (Å²) in [5.74, 6) is 1.75. The molecule has 0 aliphatic carbocycles. The number of nitrogens with zero attached hydrogens (tertiary/aromatic N) is 3. The molecule has 0 atom stereocenters. The van der Waals surface area contributed by atoms with Gasteiger partial charge in [-0.3, -0.25) is 0 Å². The van der Waals surface area contributed by atoms with Crippen molar-refractivity contribution in [1.82, 2.24) is 14.5 Å². The van der Waals surface area contributed by atoms with Gasteiger partial charge in [-0.15, -0.1) is 0 Å². The Labute approximate surface area is 124 Å². The smallest absolute Gasteiger partial charge is 0.145 e. The Morgan fingerprint density at radius 3 is 2.67 bits per heavy atom. The van der Waals surface area contributed by atoms with Crippen molar-refractivity contribution in [1.29, 1.82) is 0 Å². The number of ether oxygens (including phenoxy) is 1. The van der Waals surface area contributed by atoms with Crippen LogP contribution < -0.4 is 4.74 Å². The van der Waals surface area contributed by atoms with E-state index in [1.165, 1.54) is 0 Å². The van der Waals surface area contributed by atoms with Crippen LogP contribution in [0.5, 0.6) is 5.75 Å². The van der Waals surface area contributed by atoms with E-state index in [4.69, 9.17) is 4.74 Å². The van der Waals surface area contributed by atoms with Gasteiger partial charge in [0.05, 0.1) is 7.11 Å². The summed E-state index contributed by atoms with van der Waals surface area (Å²) in [6.07, 6.45) is 3.85. The molecule has 4 nitrogen and oxygen atoms in total. The normalized spacial score (nSPS) is 11.3. The fourth-order valence-corrected chi connectivity index (χ4v) is 2.59. The van der Waals surface area contributed by atoms with E-state index in [9.17, 15) is 0 Å². The number of methoxy groups -OCH3 is 1. The lowest BCUT2D eigenvalue weighted by molar-refractivity contribution is 0.419. The molecule has 0 aliphatic rings. The summed E-state index contributed by atoms with van der Waals surface area (Å²) in [7, 11) is 1.67. The maximum absolute atomic E-state index is 5.44.